The fraction of sp³-hybridized carbons (Fsp3) is 0.188. The van der Waals surface area contributed by atoms with Crippen molar-refractivity contribution in [2.75, 3.05) is 0 Å². The first kappa shape index (κ1) is 15.9. The topological polar surface area (TPSA) is 54.9 Å². The Balaban J connectivity index is 1.82. The fourth-order valence-corrected chi connectivity index (χ4v) is 3.76. The molecule has 4 nitrogen and oxygen atoms in total. The number of carbonyl (C=O) groups excluding carboxylic acids is 1. The third kappa shape index (κ3) is 3.86. The number of carbonyl (C=O) groups is 1. The molecule has 0 unspecified atom stereocenters. The van der Waals surface area contributed by atoms with E-state index in [0.717, 1.165) is 26.5 Å². The zero-order chi connectivity index (χ0) is 16.2. The lowest BCUT2D eigenvalue weighted by Gasteiger charge is -2.00. The molecule has 1 aromatic carbocycles. The molecule has 0 bridgehead atoms. The first-order valence-electron chi connectivity index (χ1n) is 7.13. The van der Waals surface area contributed by atoms with Crippen molar-refractivity contribution in [3.05, 3.63) is 42.5 Å². The second-order valence-corrected chi connectivity index (χ2v) is 7.02. The second-order valence-electron chi connectivity index (χ2n) is 4.93. The summed E-state index contributed by atoms with van der Waals surface area (Å²) >= 11 is 2.75. The van der Waals surface area contributed by atoms with Crippen LogP contribution < -0.4 is 4.72 Å². The number of rotatable bonds is 5. The van der Waals surface area contributed by atoms with Crippen LogP contribution in [-0.2, 0) is 4.79 Å². The largest absolute Gasteiger partial charge is 0.294 e. The molecule has 0 saturated heterocycles. The summed E-state index contributed by atoms with van der Waals surface area (Å²) in [6.45, 7) is 1.96. The summed E-state index contributed by atoms with van der Waals surface area (Å²) in [5, 5.41) is 0. The van der Waals surface area contributed by atoms with E-state index in [-0.39, 0.29) is 11.7 Å². The van der Waals surface area contributed by atoms with Crippen molar-refractivity contribution in [3.63, 3.8) is 0 Å². The van der Waals surface area contributed by atoms with Crippen LogP contribution in [0.3, 0.4) is 0 Å². The summed E-state index contributed by atoms with van der Waals surface area (Å²) in [4.78, 5) is 19.9. The van der Waals surface area contributed by atoms with E-state index >= 15 is 0 Å². The Morgan fingerprint density at radius 1 is 1.30 bits per heavy atom. The molecule has 0 atom stereocenters. The van der Waals surface area contributed by atoms with Crippen LogP contribution in [0, 0.1) is 5.82 Å². The molecule has 3 aromatic rings. The van der Waals surface area contributed by atoms with Gasteiger partial charge in [0, 0.05) is 30.1 Å². The van der Waals surface area contributed by atoms with Crippen molar-refractivity contribution in [1.82, 2.24) is 14.7 Å². The van der Waals surface area contributed by atoms with Crippen LogP contribution in [-0.4, -0.2) is 15.9 Å². The van der Waals surface area contributed by atoms with Crippen molar-refractivity contribution >= 4 is 39.4 Å². The number of thiazole rings is 1. The van der Waals surface area contributed by atoms with Gasteiger partial charge < -0.3 is 0 Å². The molecule has 0 saturated carbocycles. The molecule has 1 amide bonds. The first-order valence-corrected chi connectivity index (χ1v) is 8.76. The van der Waals surface area contributed by atoms with E-state index in [0.29, 0.717) is 12.0 Å². The number of nitrogens with one attached hydrogen (secondary N) is 1. The van der Waals surface area contributed by atoms with Crippen LogP contribution in [0.1, 0.15) is 19.8 Å². The lowest BCUT2D eigenvalue weighted by atomic mass is 10.1. The van der Waals surface area contributed by atoms with Gasteiger partial charge >= 0.3 is 0 Å². The van der Waals surface area contributed by atoms with Crippen molar-refractivity contribution in [3.8, 4) is 11.1 Å². The molecule has 2 heterocycles. The number of hydrogen-bond donors (Lipinski definition) is 1. The van der Waals surface area contributed by atoms with Crippen LogP contribution in [0.25, 0.3) is 21.3 Å². The van der Waals surface area contributed by atoms with Crippen LogP contribution in [0.4, 0.5) is 4.39 Å². The third-order valence-electron chi connectivity index (χ3n) is 3.14. The van der Waals surface area contributed by atoms with Crippen LogP contribution >= 0.6 is 23.3 Å². The molecule has 118 valence electrons. The molecule has 7 heteroatoms. The Kier molecular flexibility index (Phi) is 4.88. The third-order valence-corrected chi connectivity index (χ3v) is 5.06. The highest BCUT2D eigenvalue weighted by atomic mass is 32.2. The summed E-state index contributed by atoms with van der Waals surface area (Å²) in [7, 11) is 0. The van der Waals surface area contributed by atoms with E-state index in [1.165, 1.54) is 35.5 Å². The summed E-state index contributed by atoms with van der Waals surface area (Å²) in [6, 6.07) is 7.22. The van der Waals surface area contributed by atoms with Gasteiger partial charge in [0.1, 0.15) is 5.82 Å². The van der Waals surface area contributed by atoms with Gasteiger partial charge in [-0.2, -0.15) is 0 Å². The average molecular weight is 347 g/mol. The summed E-state index contributed by atoms with van der Waals surface area (Å²) in [5.74, 6) is -0.362. The molecule has 0 fully saturated rings. The van der Waals surface area contributed by atoms with Gasteiger partial charge in [-0.1, -0.05) is 13.0 Å². The Bertz CT molecular complexity index is 850. The lowest BCUT2D eigenvalue weighted by Crippen LogP contribution is -2.14. The van der Waals surface area contributed by atoms with Crippen molar-refractivity contribution in [1.29, 1.82) is 0 Å². The number of benzene rings is 1. The highest BCUT2D eigenvalue weighted by Gasteiger charge is 2.09. The van der Waals surface area contributed by atoms with Gasteiger partial charge in [0.05, 0.1) is 16.4 Å². The Morgan fingerprint density at radius 3 is 2.96 bits per heavy atom. The number of hydrogen-bond acceptors (Lipinski definition) is 5. The van der Waals surface area contributed by atoms with E-state index in [1.54, 1.807) is 6.20 Å². The molecule has 0 radical (unpaired) electrons. The molecule has 0 aliphatic heterocycles. The van der Waals surface area contributed by atoms with Crippen molar-refractivity contribution in [2.24, 2.45) is 0 Å². The van der Waals surface area contributed by atoms with E-state index < -0.39 is 0 Å². The highest BCUT2D eigenvalue weighted by molar-refractivity contribution is 7.99. The number of fused-ring (bicyclic) bond motifs is 1. The van der Waals surface area contributed by atoms with Crippen LogP contribution in [0.15, 0.2) is 41.0 Å². The molecule has 0 aliphatic rings. The number of pyridine rings is 1. The number of nitrogens with zero attached hydrogens (tertiary/aromatic N) is 2. The van der Waals surface area contributed by atoms with Gasteiger partial charge in [-0.05, 0) is 30.2 Å². The first-order chi connectivity index (χ1) is 11.2. The minimum atomic E-state index is -0.365. The van der Waals surface area contributed by atoms with Gasteiger partial charge in [-0.25, -0.2) is 9.37 Å². The molecule has 0 aliphatic carbocycles. The number of aromatic nitrogens is 2. The molecule has 0 spiro atoms. The van der Waals surface area contributed by atoms with Gasteiger partial charge in [-0.3, -0.25) is 14.5 Å². The smallest absolute Gasteiger partial charge is 0.230 e. The maximum atomic E-state index is 13.3. The maximum Gasteiger partial charge on any atom is 0.230 e. The van der Waals surface area contributed by atoms with E-state index in [2.05, 4.69) is 14.7 Å². The van der Waals surface area contributed by atoms with Gasteiger partial charge in [-0.15, -0.1) is 11.3 Å². The number of halogens is 1. The average Bonchev–Trinajstić information content (AvgIpc) is 2.95. The van der Waals surface area contributed by atoms with Crippen LogP contribution in [0.5, 0.6) is 0 Å². The van der Waals surface area contributed by atoms with E-state index in [1.807, 2.05) is 25.1 Å². The van der Waals surface area contributed by atoms with Gasteiger partial charge in [0.25, 0.3) is 0 Å². The molecular weight excluding hydrogens is 333 g/mol. The standard InChI is InChI=1S/C16H14FN3OS2/c1-2-3-15(21)20-23-16-19-13-7-10(4-5-14(13)22-16)11-6-12(17)9-18-8-11/h4-9H,2-3H2,1H3,(H,20,21). The Labute approximate surface area is 141 Å². The summed E-state index contributed by atoms with van der Waals surface area (Å²) < 4.78 is 17.9. The Morgan fingerprint density at radius 2 is 2.17 bits per heavy atom. The minimum absolute atomic E-state index is 0.00304. The highest BCUT2D eigenvalue weighted by Crippen LogP contribution is 2.31. The zero-order valence-electron chi connectivity index (χ0n) is 12.4. The maximum absolute atomic E-state index is 13.3. The van der Waals surface area contributed by atoms with Gasteiger partial charge in [0.2, 0.25) is 5.91 Å². The van der Waals surface area contributed by atoms with Crippen molar-refractivity contribution < 1.29 is 9.18 Å². The normalized spacial score (nSPS) is 10.9. The fourth-order valence-electron chi connectivity index (χ4n) is 2.08. The quantitative estimate of drug-likeness (QED) is 0.694. The lowest BCUT2D eigenvalue weighted by molar-refractivity contribution is -0.119. The summed E-state index contributed by atoms with van der Waals surface area (Å²) in [5.41, 5.74) is 2.40. The van der Waals surface area contributed by atoms with E-state index in [9.17, 15) is 9.18 Å². The second kappa shape index (κ2) is 7.06. The minimum Gasteiger partial charge on any atom is -0.294 e. The molecule has 1 N–H and O–H groups in total. The molecule has 3 rings (SSSR count). The Hall–Kier alpha value is -1.99. The van der Waals surface area contributed by atoms with Crippen molar-refractivity contribution in [2.45, 2.75) is 24.1 Å². The predicted octanol–water partition coefficient (Wildman–Crippen LogP) is 4.42. The van der Waals surface area contributed by atoms with E-state index in [4.69, 9.17) is 0 Å². The predicted molar refractivity (Wildman–Crippen MR) is 91.7 cm³/mol. The SMILES string of the molecule is CCCC(=O)NSc1nc2cc(-c3cncc(F)c3)ccc2s1. The zero-order valence-corrected chi connectivity index (χ0v) is 14.0. The monoisotopic (exact) mass is 347 g/mol. The number of amides is 1. The van der Waals surface area contributed by atoms with Crippen LogP contribution in [0.2, 0.25) is 0 Å². The summed E-state index contributed by atoms with van der Waals surface area (Å²) in [6.07, 6.45) is 4.13. The van der Waals surface area contributed by atoms with Gasteiger partial charge in [0.15, 0.2) is 4.34 Å². The molecular formula is C16H14FN3OS2. The molecule has 2 aromatic heterocycles. The molecule has 23 heavy (non-hydrogen) atoms.